The minimum Gasteiger partial charge on any atom is -0.480 e. The van der Waals surface area contributed by atoms with Crippen LogP contribution in [0.25, 0.3) is 0 Å². The average Bonchev–Trinajstić information content (AvgIpc) is 2.45. The molecule has 0 aromatic heterocycles. The lowest BCUT2D eigenvalue weighted by atomic mass is 10.2. The molecule has 0 heterocycles. The van der Waals surface area contributed by atoms with Gasteiger partial charge in [-0.2, -0.15) is 0 Å². The van der Waals surface area contributed by atoms with Crippen LogP contribution in [0.4, 0.5) is 4.39 Å². The van der Waals surface area contributed by atoms with Crippen LogP contribution in [0.5, 0.6) is 5.75 Å². The van der Waals surface area contributed by atoms with Crippen molar-refractivity contribution in [3.05, 3.63) is 28.5 Å². The summed E-state index contributed by atoms with van der Waals surface area (Å²) in [7, 11) is 1.44. The summed E-state index contributed by atoms with van der Waals surface area (Å²) < 4.78 is 23.5. The number of aliphatic carboxylic acids is 1. The van der Waals surface area contributed by atoms with Gasteiger partial charge < -0.3 is 19.9 Å². The number of carboxylic acids is 1. The predicted molar refractivity (Wildman–Crippen MR) is 80.2 cm³/mol. The largest absolute Gasteiger partial charge is 0.480 e. The number of carbonyl (C=O) groups is 2. The molecule has 0 aliphatic carbocycles. The monoisotopic (exact) mass is 377 g/mol. The van der Waals surface area contributed by atoms with Crippen LogP contribution in [-0.4, -0.2) is 42.8 Å². The molecule has 1 aromatic carbocycles. The molecule has 1 amide bonds. The number of hydrogen-bond acceptors (Lipinski definition) is 4. The molecule has 1 aromatic rings. The number of benzene rings is 1. The van der Waals surface area contributed by atoms with E-state index >= 15 is 0 Å². The van der Waals surface area contributed by atoms with Crippen LogP contribution in [0.2, 0.25) is 0 Å². The SMILES string of the molecule is COCCC(NC(=O)C(C)Oc1ccc(F)cc1Br)C(=O)O. The number of rotatable bonds is 8. The van der Waals surface area contributed by atoms with Crippen molar-refractivity contribution in [1.82, 2.24) is 5.32 Å². The summed E-state index contributed by atoms with van der Waals surface area (Å²) in [6.45, 7) is 1.68. The Morgan fingerprint density at radius 3 is 2.68 bits per heavy atom. The summed E-state index contributed by atoms with van der Waals surface area (Å²) in [5.41, 5.74) is 0. The summed E-state index contributed by atoms with van der Waals surface area (Å²) in [5, 5.41) is 11.4. The van der Waals surface area contributed by atoms with Gasteiger partial charge in [-0.3, -0.25) is 4.79 Å². The second kappa shape index (κ2) is 8.70. The predicted octanol–water partition coefficient (Wildman–Crippen LogP) is 1.96. The van der Waals surface area contributed by atoms with Crippen LogP contribution in [-0.2, 0) is 14.3 Å². The molecule has 0 saturated heterocycles. The van der Waals surface area contributed by atoms with Crippen molar-refractivity contribution in [2.45, 2.75) is 25.5 Å². The standard InChI is InChI=1S/C14H17BrFNO5/c1-8(22-12-4-3-9(16)7-10(12)15)13(18)17-11(14(19)20)5-6-21-2/h3-4,7-8,11H,5-6H2,1-2H3,(H,17,18)(H,19,20). The number of carbonyl (C=O) groups excluding carboxylic acids is 1. The van der Waals surface area contributed by atoms with E-state index in [4.69, 9.17) is 14.6 Å². The van der Waals surface area contributed by atoms with E-state index in [-0.39, 0.29) is 18.8 Å². The fourth-order valence-corrected chi connectivity index (χ4v) is 2.04. The maximum atomic E-state index is 13.0. The third-order valence-electron chi connectivity index (χ3n) is 2.79. The lowest BCUT2D eigenvalue weighted by Crippen LogP contribution is -2.46. The molecular formula is C14H17BrFNO5. The van der Waals surface area contributed by atoms with Gasteiger partial charge in [-0.05, 0) is 41.1 Å². The fourth-order valence-electron chi connectivity index (χ4n) is 1.60. The normalized spacial score (nSPS) is 13.3. The molecule has 0 radical (unpaired) electrons. The molecule has 0 bridgehead atoms. The highest BCUT2D eigenvalue weighted by Gasteiger charge is 2.24. The van der Waals surface area contributed by atoms with Crippen LogP contribution in [0.1, 0.15) is 13.3 Å². The smallest absolute Gasteiger partial charge is 0.326 e. The Morgan fingerprint density at radius 1 is 1.45 bits per heavy atom. The van der Waals surface area contributed by atoms with E-state index in [0.717, 1.165) is 0 Å². The number of carboxylic acid groups (broad SMARTS) is 1. The van der Waals surface area contributed by atoms with Crippen molar-refractivity contribution in [1.29, 1.82) is 0 Å². The van der Waals surface area contributed by atoms with Gasteiger partial charge in [0, 0.05) is 20.1 Å². The Hall–Kier alpha value is -1.67. The molecule has 0 saturated carbocycles. The number of ether oxygens (including phenoxy) is 2. The Labute approximate surface area is 135 Å². The van der Waals surface area contributed by atoms with Crippen molar-refractivity contribution >= 4 is 27.8 Å². The molecule has 6 nitrogen and oxygen atoms in total. The first kappa shape index (κ1) is 18.4. The number of hydrogen-bond donors (Lipinski definition) is 2. The number of methoxy groups -OCH3 is 1. The quantitative estimate of drug-likeness (QED) is 0.723. The highest BCUT2D eigenvalue weighted by atomic mass is 79.9. The van der Waals surface area contributed by atoms with Gasteiger partial charge in [-0.1, -0.05) is 0 Å². The average molecular weight is 378 g/mol. The van der Waals surface area contributed by atoms with E-state index in [1.807, 2.05) is 0 Å². The molecular weight excluding hydrogens is 361 g/mol. The third-order valence-corrected chi connectivity index (χ3v) is 3.41. The summed E-state index contributed by atoms with van der Waals surface area (Å²) >= 11 is 3.13. The first-order valence-electron chi connectivity index (χ1n) is 6.49. The van der Waals surface area contributed by atoms with Crippen molar-refractivity contribution in [2.24, 2.45) is 0 Å². The molecule has 0 fully saturated rings. The van der Waals surface area contributed by atoms with Gasteiger partial charge in [0.05, 0.1) is 4.47 Å². The van der Waals surface area contributed by atoms with Crippen LogP contribution < -0.4 is 10.1 Å². The minimum atomic E-state index is -1.15. The lowest BCUT2D eigenvalue weighted by molar-refractivity contribution is -0.143. The zero-order valence-electron chi connectivity index (χ0n) is 12.1. The zero-order valence-corrected chi connectivity index (χ0v) is 13.7. The molecule has 0 spiro atoms. The Balaban J connectivity index is 2.65. The maximum Gasteiger partial charge on any atom is 0.326 e. The fraction of sp³-hybridized carbons (Fsp3) is 0.429. The Kier molecular flexibility index (Phi) is 7.26. The van der Waals surface area contributed by atoms with Gasteiger partial charge >= 0.3 is 5.97 Å². The molecule has 8 heteroatoms. The Bertz CT molecular complexity index is 540. The molecule has 0 aliphatic rings. The van der Waals surface area contributed by atoms with Gasteiger partial charge in [0.25, 0.3) is 5.91 Å². The third kappa shape index (κ3) is 5.61. The summed E-state index contributed by atoms with van der Waals surface area (Å²) in [6, 6.07) is 2.72. The van der Waals surface area contributed by atoms with E-state index in [0.29, 0.717) is 4.47 Å². The van der Waals surface area contributed by atoms with E-state index in [1.54, 1.807) is 0 Å². The molecule has 2 N–H and O–H groups in total. The molecule has 2 atom stereocenters. The van der Waals surface area contributed by atoms with Crippen LogP contribution in [0, 0.1) is 5.82 Å². The van der Waals surface area contributed by atoms with Gasteiger partial charge in [0.2, 0.25) is 0 Å². The maximum absolute atomic E-state index is 13.0. The minimum absolute atomic E-state index is 0.143. The summed E-state index contributed by atoms with van der Waals surface area (Å²) in [5.74, 6) is -1.89. The first-order chi connectivity index (χ1) is 10.3. The van der Waals surface area contributed by atoms with Gasteiger partial charge in [0.1, 0.15) is 17.6 Å². The van der Waals surface area contributed by atoms with Crippen molar-refractivity contribution in [3.63, 3.8) is 0 Å². The topological polar surface area (TPSA) is 84.9 Å². The number of nitrogens with one attached hydrogen (secondary N) is 1. The van der Waals surface area contributed by atoms with Crippen molar-refractivity contribution in [2.75, 3.05) is 13.7 Å². The van der Waals surface area contributed by atoms with Crippen molar-refractivity contribution in [3.8, 4) is 5.75 Å². The molecule has 22 heavy (non-hydrogen) atoms. The van der Waals surface area contributed by atoms with E-state index in [2.05, 4.69) is 21.2 Å². The Morgan fingerprint density at radius 2 is 2.14 bits per heavy atom. The van der Waals surface area contributed by atoms with Crippen LogP contribution in [0.3, 0.4) is 0 Å². The molecule has 1 rings (SSSR count). The highest BCUT2D eigenvalue weighted by Crippen LogP contribution is 2.26. The second-order valence-electron chi connectivity index (χ2n) is 4.52. The van der Waals surface area contributed by atoms with Crippen LogP contribution in [0.15, 0.2) is 22.7 Å². The highest BCUT2D eigenvalue weighted by molar-refractivity contribution is 9.10. The first-order valence-corrected chi connectivity index (χ1v) is 7.28. The van der Waals surface area contributed by atoms with Gasteiger partial charge in [-0.25, -0.2) is 9.18 Å². The number of halogens is 2. The summed E-state index contributed by atoms with van der Waals surface area (Å²) in [4.78, 5) is 23.0. The lowest BCUT2D eigenvalue weighted by Gasteiger charge is -2.19. The second-order valence-corrected chi connectivity index (χ2v) is 5.37. The van der Waals surface area contributed by atoms with E-state index < -0.39 is 29.8 Å². The van der Waals surface area contributed by atoms with E-state index in [9.17, 15) is 14.0 Å². The number of amides is 1. The van der Waals surface area contributed by atoms with Gasteiger partial charge in [-0.15, -0.1) is 0 Å². The van der Waals surface area contributed by atoms with E-state index in [1.165, 1.54) is 32.2 Å². The molecule has 122 valence electrons. The molecule has 0 aliphatic heterocycles. The molecule has 2 unspecified atom stereocenters. The summed E-state index contributed by atoms with van der Waals surface area (Å²) in [6.07, 6.45) is -0.795. The van der Waals surface area contributed by atoms with Crippen LogP contribution >= 0.6 is 15.9 Å². The van der Waals surface area contributed by atoms with Gasteiger partial charge in [0.15, 0.2) is 6.10 Å². The van der Waals surface area contributed by atoms with Crippen molar-refractivity contribution < 1.29 is 28.6 Å². The zero-order chi connectivity index (χ0) is 16.7.